The molecule has 1 N–H and O–H groups in total. The Bertz CT molecular complexity index is 267. The van der Waals surface area contributed by atoms with Crippen LogP contribution < -0.4 is 5.32 Å². The molecule has 4 heteroatoms. The van der Waals surface area contributed by atoms with E-state index in [2.05, 4.69) is 33.0 Å². The molecule has 1 aliphatic heterocycles. The van der Waals surface area contributed by atoms with E-state index in [0.717, 1.165) is 19.4 Å². The topological polar surface area (TPSA) is 41.6 Å². The molecule has 0 aromatic heterocycles. The molecular weight excluding hydrogens is 228 g/mol. The number of nitrogens with one attached hydrogen (secondary N) is 1. The molecule has 1 rings (SSSR count). The summed E-state index contributed by atoms with van der Waals surface area (Å²) in [5.74, 6) is 0.664. The zero-order chi connectivity index (χ0) is 13.7. The van der Waals surface area contributed by atoms with E-state index in [1.807, 2.05) is 4.90 Å². The fraction of sp³-hybridized carbons (Fsp3) is 0.929. The van der Waals surface area contributed by atoms with Gasteiger partial charge >= 0.3 is 0 Å². The lowest BCUT2D eigenvalue weighted by atomic mass is 9.97. The molecule has 2 atom stereocenters. The van der Waals surface area contributed by atoms with Gasteiger partial charge in [0.2, 0.25) is 5.91 Å². The number of ether oxygens (including phenoxy) is 1. The Labute approximate surface area is 111 Å². The lowest BCUT2D eigenvalue weighted by Gasteiger charge is -2.40. The van der Waals surface area contributed by atoms with Gasteiger partial charge in [0.15, 0.2) is 0 Å². The number of hydrogen-bond donors (Lipinski definition) is 1. The van der Waals surface area contributed by atoms with Crippen LogP contribution in [0.2, 0.25) is 0 Å². The van der Waals surface area contributed by atoms with Gasteiger partial charge in [0, 0.05) is 19.7 Å². The average Bonchev–Trinajstić information content (AvgIpc) is 2.28. The zero-order valence-electron chi connectivity index (χ0n) is 12.4. The van der Waals surface area contributed by atoms with Crippen molar-refractivity contribution in [1.82, 2.24) is 10.2 Å². The average molecular weight is 256 g/mol. The normalized spacial score (nSPS) is 22.9. The lowest BCUT2D eigenvalue weighted by molar-refractivity contribution is -0.141. The summed E-state index contributed by atoms with van der Waals surface area (Å²) in [6.07, 6.45) is 2.02. The lowest BCUT2D eigenvalue weighted by Crippen LogP contribution is -2.57. The summed E-state index contributed by atoms with van der Waals surface area (Å²) in [4.78, 5) is 14.5. The van der Waals surface area contributed by atoms with Gasteiger partial charge < -0.3 is 15.0 Å². The van der Waals surface area contributed by atoms with Crippen molar-refractivity contribution in [3.05, 3.63) is 0 Å². The summed E-state index contributed by atoms with van der Waals surface area (Å²) in [5.41, 5.74) is 0. The fourth-order valence-electron chi connectivity index (χ4n) is 2.60. The van der Waals surface area contributed by atoms with Crippen LogP contribution in [0.3, 0.4) is 0 Å². The van der Waals surface area contributed by atoms with Gasteiger partial charge in [-0.3, -0.25) is 4.79 Å². The van der Waals surface area contributed by atoms with E-state index >= 15 is 0 Å². The Morgan fingerprint density at radius 3 is 2.56 bits per heavy atom. The second-order valence-corrected chi connectivity index (χ2v) is 5.81. The van der Waals surface area contributed by atoms with Crippen molar-refractivity contribution in [1.29, 1.82) is 0 Å². The van der Waals surface area contributed by atoms with Crippen LogP contribution in [0.4, 0.5) is 0 Å². The van der Waals surface area contributed by atoms with Crippen LogP contribution in [0, 0.1) is 5.92 Å². The molecule has 0 aliphatic carbocycles. The molecule has 1 amide bonds. The molecule has 2 unspecified atom stereocenters. The fourth-order valence-corrected chi connectivity index (χ4v) is 2.60. The van der Waals surface area contributed by atoms with Crippen LogP contribution in [0.25, 0.3) is 0 Å². The van der Waals surface area contributed by atoms with Gasteiger partial charge in [-0.15, -0.1) is 0 Å². The SMILES string of the molecule is COCC(C(C)C)N1CCCC(NC(C)C)C1=O. The second-order valence-electron chi connectivity index (χ2n) is 5.81. The van der Waals surface area contributed by atoms with E-state index in [1.165, 1.54) is 0 Å². The monoisotopic (exact) mass is 256 g/mol. The third kappa shape index (κ3) is 3.95. The van der Waals surface area contributed by atoms with Gasteiger partial charge in [-0.05, 0) is 18.8 Å². The minimum Gasteiger partial charge on any atom is -0.383 e. The number of carbonyl (C=O) groups excluding carboxylic acids is 1. The van der Waals surface area contributed by atoms with E-state index in [4.69, 9.17) is 4.74 Å². The molecule has 0 spiro atoms. The minimum atomic E-state index is -0.0168. The van der Waals surface area contributed by atoms with Crippen LogP contribution in [0.15, 0.2) is 0 Å². The van der Waals surface area contributed by atoms with Gasteiger partial charge in [-0.2, -0.15) is 0 Å². The smallest absolute Gasteiger partial charge is 0.240 e. The first kappa shape index (κ1) is 15.4. The van der Waals surface area contributed by atoms with Gasteiger partial charge in [0.25, 0.3) is 0 Å². The Kier molecular flexibility index (Phi) is 6.09. The third-order valence-corrected chi connectivity index (χ3v) is 3.51. The van der Waals surface area contributed by atoms with Gasteiger partial charge in [0.05, 0.1) is 18.7 Å². The molecule has 0 bridgehead atoms. The predicted molar refractivity (Wildman–Crippen MR) is 73.5 cm³/mol. The summed E-state index contributed by atoms with van der Waals surface area (Å²) in [6.45, 7) is 9.95. The molecular formula is C14H28N2O2. The summed E-state index contributed by atoms with van der Waals surface area (Å²) >= 11 is 0. The van der Waals surface area contributed by atoms with Crippen molar-refractivity contribution in [3.8, 4) is 0 Å². The Hall–Kier alpha value is -0.610. The molecule has 1 saturated heterocycles. The zero-order valence-corrected chi connectivity index (χ0v) is 12.4. The number of methoxy groups -OCH3 is 1. The summed E-state index contributed by atoms with van der Waals surface area (Å²) in [6, 6.07) is 0.523. The standard InChI is InChI=1S/C14H28N2O2/c1-10(2)13(9-18-5)16-8-6-7-12(14(16)17)15-11(3)4/h10-13,15H,6-9H2,1-5H3. The van der Waals surface area contributed by atoms with Crippen molar-refractivity contribution >= 4 is 5.91 Å². The number of rotatable bonds is 6. The highest BCUT2D eigenvalue weighted by molar-refractivity contribution is 5.83. The second kappa shape index (κ2) is 7.10. The minimum absolute atomic E-state index is 0.0168. The highest BCUT2D eigenvalue weighted by Gasteiger charge is 2.34. The Morgan fingerprint density at radius 2 is 2.06 bits per heavy atom. The van der Waals surface area contributed by atoms with Gasteiger partial charge in [-0.25, -0.2) is 0 Å². The molecule has 1 heterocycles. The maximum absolute atomic E-state index is 12.5. The third-order valence-electron chi connectivity index (χ3n) is 3.51. The Morgan fingerprint density at radius 1 is 1.39 bits per heavy atom. The molecule has 1 aliphatic rings. The molecule has 0 saturated carbocycles. The number of carbonyl (C=O) groups is 1. The van der Waals surface area contributed by atoms with Crippen LogP contribution in [0.5, 0.6) is 0 Å². The maximum Gasteiger partial charge on any atom is 0.240 e. The quantitative estimate of drug-likeness (QED) is 0.785. The largest absolute Gasteiger partial charge is 0.383 e. The maximum atomic E-state index is 12.5. The van der Waals surface area contributed by atoms with Crippen LogP contribution >= 0.6 is 0 Å². The van der Waals surface area contributed by atoms with Crippen LogP contribution in [-0.2, 0) is 9.53 Å². The first-order valence-corrected chi connectivity index (χ1v) is 7.02. The number of amides is 1. The van der Waals surface area contributed by atoms with Crippen molar-refractivity contribution in [2.24, 2.45) is 5.92 Å². The van der Waals surface area contributed by atoms with Crippen molar-refractivity contribution in [2.75, 3.05) is 20.3 Å². The van der Waals surface area contributed by atoms with Crippen molar-refractivity contribution < 1.29 is 9.53 Å². The predicted octanol–water partition coefficient (Wildman–Crippen LogP) is 1.65. The van der Waals surface area contributed by atoms with E-state index in [0.29, 0.717) is 18.6 Å². The molecule has 106 valence electrons. The van der Waals surface area contributed by atoms with Gasteiger partial charge in [0.1, 0.15) is 0 Å². The number of likely N-dealkylation sites (tertiary alicyclic amines) is 1. The number of nitrogens with zero attached hydrogens (tertiary/aromatic N) is 1. The highest BCUT2D eigenvalue weighted by Crippen LogP contribution is 2.19. The van der Waals surface area contributed by atoms with Crippen LogP contribution in [-0.4, -0.2) is 49.2 Å². The van der Waals surface area contributed by atoms with E-state index < -0.39 is 0 Å². The van der Waals surface area contributed by atoms with E-state index in [1.54, 1.807) is 7.11 Å². The van der Waals surface area contributed by atoms with E-state index in [-0.39, 0.29) is 18.0 Å². The first-order valence-electron chi connectivity index (χ1n) is 7.02. The molecule has 0 aromatic carbocycles. The van der Waals surface area contributed by atoms with Crippen molar-refractivity contribution in [3.63, 3.8) is 0 Å². The van der Waals surface area contributed by atoms with E-state index in [9.17, 15) is 4.79 Å². The molecule has 1 fully saturated rings. The number of hydrogen-bond acceptors (Lipinski definition) is 3. The first-order chi connectivity index (χ1) is 8.47. The highest BCUT2D eigenvalue weighted by atomic mass is 16.5. The molecule has 0 radical (unpaired) electrons. The molecule has 18 heavy (non-hydrogen) atoms. The summed E-state index contributed by atoms with van der Waals surface area (Å²) in [7, 11) is 1.70. The number of piperidine rings is 1. The van der Waals surface area contributed by atoms with Crippen LogP contribution in [0.1, 0.15) is 40.5 Å². The molecule has 4 nitrogen and oxygen atoms in total. The van der Waals surface area contributed by atoms with Crippen molar-refractivity contribution in [2.45, 2.75) is 58.7 Å². The summed E-state index contributed by atoms with van der Waals surface area (Å²) in [5, 5.41) is 3.37. The Balaban J connectivity index is 2.71. The van der Waals surface area contributed by atoms with Gasteiger partial charge in [-0.1, -0.05) is 27.7 Å². The molecule has 0 aromatic rings. The summed E-state index contributed by atoms with van der Waals surface area (Å²) < 4.78 is 5.27.